The van der Waals surface area contributed by atoms with Crippen LogP contribution in [-0.4, -0.2) is 16.6 Å². The van der Waals surface area contributed by atoms with Gasteiger partial charge in [0.25, 0.3) is 0 Å². The van der Waals surface area contributed by atoms with Crippen molar-refractivity contribution in [2.24, 2.45) is 0 Å². The topological polar surface area (TPSA) is 52.3 Å². The molecular weight excluding hydrogens is 265 g/mol. The van der Waals surface area contributed by atoms with E-state index >= 15 is 0 Å². The van der Waals surface area contributed by atoms with Crippen molar-refractivity contribution in [3.05, 3.63) is 54.3 Å². The molecule has 0 heterocycles. The van der Waals surface area contributed by atoms with Gasteiger partial charge in [-0.3, -0.25) is 4.21 Å². The predicted octanol–water partition coefficient (Wildman–Crippen LogP) is 2.59. The quantitative estimate of drug-likeness (QED) is 0.856. The van der Waals surface area contributed by atoms with Crippen molar-refractivity contribution in [2.45, 2.75) is 4.90 Å². The van der Waals surface area contributed by atoms with Gasteiger partial charge in [0, 0.05) is 4.90 Å². The lowest BCUT2D eigenvalue weighted by Gasteiger charge is -2.06. The van der Waals surface area contributed by atoms with Crippen LogP contribution in [0, 0.1) is 5.82 Å². The number of nitrogen functional groups attached to an aromatic ring is 1. The molecule has 2 N–H and O–H groups in total. The molecule has 0 spiro atoms. The van der Waals surface area contributed by atoms with Gasteiger partial charge in [-0.15, -0.1) is 0 Å². The van der Waals surface area contributed by atoms with E-state index in [9.17, 15) is 8.60 Å². The molecule has 0 bridgehead atoms. The SMILES string of the molecule is Nc1ccc(S(=O)CCOc2ccccc2)cc1F. The maximum atomic E-state index is 13.2. The van der Waals surface area contributed by atoms with Crippen LogP contribution in [0.5, 0.6) is 5.75 Å². The Bertz CT molecular complexity index is 575. The van der Waals surface area contributed by atoms with Crippen LogP contribution in [0.2, 0.25) is 0 Å². The molecule has 0 amide bonds. The Hall–Kier alpha value is -1.88. The number of benzene rings is 2. The molecule has 0 aromatic heterocycles. The summed E-state index contributed by atoms with van der Waals surface area (Å²) in [6, 6.07) is 13.5. The van der Waals surface area contributed by atoms with Crippen molar-refractivity contribution in [3.8, 4) is 5.75 Å². The van der Waals surface area contributed by atoms with E-state index < -0.39 is 16.6 Å². The first-order valence-electron chi connectivity index (χ1n) is 5.78. The molecule has 5 heteroatoms. The van der Waals surface area contributed by atoms with E-state index in [1.165, 1.54) is 12.1 Å². The van der Waals surface area contributed by atoms with Gasteiger partial charge in [-0.2, -0.15) is 0 Å². The molecule has 2 rings (SSSR count). The summed E-state index contributed by atoms with van der Waals surface area (Å²) in [6.45, 7) is 0.308. The molecule has 2 aromatic rings. The molecule has 100 valence electrons. The van der Waals surface area contributed by atoms with Gasteiger partial charge >= 0.3 is 0 Å². The first-order valence-corrected chi connectivity index (χ1v) is 7.10. The summed E-state index contributed by atoms with van der Waals surface area (Å²) in [5.74, 6) is 0.482. The van der Waals surface area contributed by atoms with Crippen LogP contribution in [0.4, 0.5) is 10.1 Å². The minimum absolute atomic E-state index is 0.0567. The number of anilines is 1. The second kappa shape index (κ2) is 6.33. The third kappa shape index (κ3) is 3.79. The van der Waals surface area contributed by atoms with E-state index in [0.717, 1.165) is 5.75 Å². The minimum Gasteiger partial charge on any atom is -0.493 e. The third-order valence-electron chi connectivity index (χ3n) is 2.52. The second-order valence-electron chi connectivity index (χ2n) is 3.89. The van der Waals surface area contributed by atoms with Gasteiger partial charge in [0.05, 0.1) is 22.2 Å². The van der Waals surface area contributed by atoms with Crippen molar-refractivity contribution < 1.29 is 13.3 Å². The maximum Gasteiger partial charge on any atom is 0.147 e. The Morgan fingerprint density at radius 2 is 1.89 bits per heavy atom. The summed E-state index contributed by atoms with van der Waals surface area (Å²) in [4.78, 5) is 0.420. The van der Waals surface area contributed by atoms with Gasteiger partial charge < -0.3 is 10.5 Å². The second-order valence-corrected chi connectivity index (χ2v) is 5.47. The van der Waals surface area contributed by atoms with Crippen molar-refractivity contribution in [3.63, 3.8) is 0 Å². The van der Waals surface area contributed by atoms with E-state index in [4.69, 9.17) is 10.5 Å². The molecule has 0 radical (unpaired) electrons. The molecule has 2 aromatic carbocycles. The fourth-order valence-corrected chi connectivity index (χ4v) is 2.44. The number of ether oxygens (including phenoxy) is 1. The van der Waals surface area contributed by atoms with Crippen molar-refractivity contribution in [2.75, 3.05) is 18.1 Å². The van der Waals surface area contributed by atoms with Gasteiger partial charge in [-0.1, -0.05) is 18.2 Å². The first-order chi connectivity index (χ1) is 9.16. The van der Waals surface area contributed by atoms with Crippen LogP contribution in [0.1, 0.15) is 0 Å². The molecule has 1 atom stereocenters. The summed E-state index contributed by atoms with van der Waals surface area (Å²) in [5.41, 5.74) is 5.42. The Labute approximate surface area is 113 Å². The average molecular weight is 279 g/mol. The zero-order chi connectivity index (χ0) is 13.7. The van der Waals surface area contributed by atoms with Gasteiger partial charge in [0.1, 0.15) is 18.2 Å². The fourth-order valence-electron chi connectivity index (χ4n) is 1.52. The standard InChI is InChI=1S/C14H14FNO2S/c15-13-10-12(6-7-14(13)16)19(17)9-8-18-11-4-2-1-3-5-11/h1-7,10H,8-9,16H2. The van der Waals surface area contributed by atoms with Gasteiger partial charge in [0.15, 0.2) is 0 Å². The number of hydrogen-bond acceptors (Lipinski definition) is 3. The minimum atomic E-state index is -1.30. The normalized spacial score (nSPS) is 12.1. The highest BCUT2D eigenvalue weighted by Crippen LogP contribution is 2.15. The van der Waals surface area contributed by atoms with Crippen LogP contribution in [0.25, 0.3) is 0 Å². The van der Waals surface area contributed by atoms with Crippen LogP contribution >= 0.6 is 0 Å². The van der Waals surface area contributed by atoms with E-state index in [0.29, 0.717) is 17.3 Å². The number of rotatable bonds is 5. The molecule has 0 aliphatic heterocycles. The lowest BCUT2D eigenvalue weighted by molar-refractivity contribution is 0.342. The van der Waals surface area contributed by atoms with E-state index in [1.807, 2.05) is 30.3 Å². The largest absolute Gasteiger partial charge is 0.493 e. The first kappa shape index (κ1) is 13.5. The Balaban J connectivity index is 1.89. The molecule has 0 saturated carbocycles. The Morgan fingerprint density at radius 3 is 2.58 bits per heavy atom. The lowest BCUT2D eigenvalue weighted by atomic mass is 10.3. The molecule has 0 saturated heterocycles. The highest BCUT2D eigenvalue weighted by Gasteiger charge is 2.07. The van der Waals surface area contributed by atoms with Gasteiger partial charge in [-0.25, -0.2) is 4.39 Å². The summed E-state index contributed by atoms with van der Waals surface area (Å²) in [5, 5.41) is 0. The maximum absolute atomic E-state index is 13.2. The fraction of sp³-hybridized carbons (Fsp3) is 0.143. The third-order valence-corrected chi connectivity index (χ3v) is 3.83. The molecule has 0 fully saturated rings. The number of para-hydroxylation sites is 1. The lowest BCUT2D eigenvalue weighted by Crippen LogP contribution is -2.09. The Kier molecular flexibility index (Phi) is 4.52. The van der Waals surface area contributed by atoms with Crippen molar-refractivity contribution in [1.29, 1.82) is 0 Å². The predicted molar refractivity (Wildman–Crippen MR) is 74.0 cm³/mol. The van der Waals surface area contributed by atoms with Crippen LogP contribution in [0.3, 0.4) is 0 Å². The number of hydrogen-bond donors (Lipinski definition) is 1. The zero-order valence-electron chi connectivity index (χ0n) is 10.2. The number of halogens is 1. The Morgan fingerprint density at radius 1 is 1.16 bits per heavy atom. The highest BCUT2D eigenvalue weighted by atomic mass is 32.2. The van der Waals surface area contributed by atoms with Gasteiger partial charge in [0.2, 0.25) is 0 Å². The summed E-state index contributed by atoms with van der Waals surface area (Å²) in [7, 11) is -1.30. The zero-order valence-corrected chi connectivity index (χ0v) is 11.0. The molecule has 0 aliphatic rings. The molecule has 3 nitrogen and oxygen atoms in total. The smallest absolute Gasteiger partial charge is 0.147 e. The van der Waals surface area contributed by atoms with Crippen molar-refractivity contribution in [1.82, 2.24) is 0 Å². The summed E-state index contributed by atoms with van der Waals surface area (Å²) < 4.78 is 30.6. The van der Waals surface area contributed by atoms with Crippen LogP contribution < -0.4 is 10.5 Å². The van der Waals surface area contributed by atoms with Crippen LogP contribution in [0.15, 0.2) is 53.4 Å². The van der Waals surface area contributed by atoms with Gasteiger partial charge in [-0.05, 0) is 30.3 Å². The molecule has 1 unspecified atom stereocenters. The number of nitrogens with two attached hydrogens (primary N) is 1. The molecule has 0 aliphatic carbocycles. The van der Waals surface area contributed by atoms with Crippen molar-refractivity contribution >= 4 is 16.5 Å². The van der Waals surface area contributed by atoms with E-state index in [-0.39, 0.29) is 5.69 Å². The molecular formula is C14H14FNO2S. The van der Waals surface area contributed by atoms with Crippen LogP contribution in [-0.2, 0) is 10.8 Å². The van der Waals surface area contributed by atoms with E-state index in [1.54, 1.807) is 6.07 Å². The summed E-state index contributed by atoms with van der Waals surface area (Å²) in [6.07, 6.45) is 0. The van der Waals surface area contributed by atoms with E-state index in [2.05, 4.69) is 0 Å². The molecule has 19 heavy (non-hydrogen) atoms. The highest BCUT2D eigenvalue weighted by molar-refractivity contribution is 7.85. The summed E-state index contributed by atoms with van der Waals surface area (Å²) >= 11 is 0. The monoisotopic (exact) mass is 279 g/mol. The average Bonchev–Trinajstić information content (AvgIpc) is 2.43.